The molecule has 1 aliphatic rings. The molecule has 3 heterocycles. The van der Waals surface area contributed by atoms with Gasteiger partial charge in [0.25, 0.3) is 0 Å². The van der Waals surface area contributed by atoms with Crippen molar-refractivity contribution in [2.45, 2.75) is 39.9 Å². The number of fused-ring (bicyclic) bond motifs is 1. The molecule has 0 saturated heterocycles. The maximum atomic E-state index is 11.3. The Morgan fingerprint density at radius 3 is 2.84 bits per heavy atom. The lowest BCUT2D eigenvalue weighted by Crippen LogP contribution is -2.31. The van der Waals surface area contributed by atoms with E-state index in [1.165, 1.54) is 11.9 Å². The van der Waals surface area contributed by atoms with Gasteiger partial charge in [0.15, 0.2) is 0 Å². The summed E-state index contributed by atoms with van der Waals surface area (Å²) in [6, 6.07) is 2.04. The van der Waals surface area contributed by atoms with Crippen LogP contribution in [-0.4, -0.2) is 47.6 Å². The van der Waals surface area contributed by atoms with E-state index in [4.69, 9.17) is 4.52 Å². The van der Waals surface area contributed by atoms with Crippen LogP contribution in [0.5, 0.6) is 0 Å². The van der Waals surface area contributed by atoms with Gasteiger partial charge in [-0.2, -0.15) is 5.10 Å². The highest BCUT2D eigenvalue weighted by atomic mass is 32.2. The molecule has 0 amide bonds. The second-order valence-corrected chi connectivity index (χ2v) is 8.63. The molecule has 1 N–H and O–H groups in total. The van der Waals surface area contributed by atoms with Gasteiger partial charge in [0.05, 0.1) is 17.6 Å². The van der Waals surface area contributed by atoms with Crippen LogP contribution in [-0.2, 0) is 29.7 Å². The van der Waals surface area contributed by atoms with Crippen LogP contribution in [0.2, 0.25) is 0 Å². The van der Waals surface area contributed by atoms with Crippen LogP contribution in [0.1, 0.15) is 29.1 Å². The highest BCUT2D eigenvalue weighted by Gasteiger charge is 2.24. The molecule has 0 aromatic carbocycles. The van der Waals surface area contributed by atoms with Crippen molar-refractivity contribution >= 4 is 10.0 Å². The van der Waals surface area contributed by atoms with Crippen LogP contribution in [0.15, 0.2) is 16.8 Å². The van der Waals surface area contributed by atoms with Gasteiger partial charge in [-0.3, -0.25) is 9.58 Å². The number of nitrogens with one attached hydrogen (secondary N) is 1. The van der Waals surface area contributed by atoms with Crippen molar-refractivity contribution in [3.63, 3.8) is 0 Å². The quantitative estimate of drug-likeness (QED) is 0.821. The highest BCUT2D eigenvalue weighted by molar-refractivity contribution is 7.88. The number of aryl methyl sites for hydroxylation is 2. The van der Waals surface area contributed by atoms with E-state index in [1.807, 2.05) is 30.8 Å². The molecule has 3 rings (SSSR count). The van der Waals surface area contributed by atoms with Gasteiger partial charge < -0.3 is 4.52 Å². The van der Waals surface area contributed by atoms with Crippen molar-refractivity contribution in [3.05, 3.63) is 35.0 Å². The molecule has 1 aliphatic heterocycles. The van der Waals surface area contributed by atoms with Crippen LogP contribution in [0.3, 0.4) is 0 Å². The standard InChI is InChI=1S/C16H25N5O3S/c1-12-16(13(2)24-19-12)11-20-8-14(4-7-18-25(3,22)23)9-21-15(10-20)5-6-17-21/h5-6,14,18H,4,7-11H2,1-3H3. The fourth-order valence-corrected chi connectivity index (χ4v) is 3.81. The van der Waals surface area contributed by atoms with E-state index in [0.29, 0.717) is 12.5 Å². The SMILES string of the molecule is Cc1noc(C)c1CN1Cc2ccnn2CC(CCNS(C)(=O)=O)C1. The number of nitrogens with zero attached hydrogens (tertiary/aromatic N) is 4. The molecule has 1 atom stereocenters. The summed E-state index contributed by atoms with van der Waals surface area (Å²) >= 11 is 0. The second-order valence-electron chi connectivity index (χ2n) is 6.80. The first-order chi connectivity index (χ1) is 11.8. The van der Waals surface area contributed by atoms with E-state index in [-0.39, 0.29) is 0 Å². The predicted octanol–water partition coefficient (Wildman–Crippen LogP) is 1.06. The van der Waals surface area contributed by atoms with Crippen LogP contribution in [0.4, 0.5) is 0 Å². The Balaban J connectivity index is 1.72. The first-order valence-corrected chi connectivity index (χ1v) is 10.3. The maximum Gasteiger partial charge on any atom is 0.208 e. The van der Waals surface area contributed by atoms with Gasteiger partial charge in [0.1, 0.15) is 5.76 Å². The zero-order valence-electron chi connectivity index (χ0n) is 14.9. The Morgan fingerprint density at radius 1 is 1.36 bits per heavy atom. The molecule has 0 radical (unpaired) electrons. The van der Waals surface area contributed by atoms with Crippen molar-refractivity contribution in [2.24, 2.45) is 5.92 Å². The lowest BCUT2D eigenvalue weighted by atomic mass is 10.0. The highest BCUT2D eigenvalue weighted by Crippen LogP contribution is 2.22. The van der Waals surface area contributed by atoms with Gasteiger partial charge >= 0.3 is 0 Å². The van der Waals surface area contributed by atoms with Crippen molar-refractivity contribution in [1.82, 2.24) is 24.6 Å². The molecule has 0 aliphatic carbocycles. The molecule has 0 fully saturated rings. The molecule has 0 bridgehead atoms. The Labute approximate surface area is 148 Å². The summed E-state index contributed by atoms with van der Waals surface area (Å²) in [6.07, 6.45) is 3.78. The summed E-state index contributed by atoms with van der Waals surface area (Å²) < 4.78 is 32.5. The fraction of sp³-hybridized carbons (Fsp3) is 0.625. The van der Waals surface area contributed by atoms with Gasteiger partial charge in [-0.1, -0.05) is 5.16 Å². The number of aromatic nitrogens is 3. The Hall–Kier alpha value is -1.71. The maximum absolute atomic E-state index is 11.3. The van der Waals surface area contributed by atoms with Crippen molar-refractivity contribution < 1.29 is 12.9 Å². The zero-order valence-corrected chi connectivity index (χ0v) is 15.7. The molecule has 2 aromatic heterocycles. The van der Waals surface area contributed by atoms with Gasteiger partial charge in [-0.15, -0.1) is 0 Å². The number of rotatable bonds is 6. The van der Waals surface area contributed by atoms with E-state index < -0.39 is 10.0 Å². The van der Waals surface area contributed by atoms with Crippen LogP contribution < -0.4 is 4.72 Å². The smallest absolute Gasteiger partial charge is 0.208 e. The third-order valence-corrected chi connectivity index (χ3v) is 5.35. The van der Waals surface area contributed by atoms with Crippen LogP contribution in [0.25, 0.3) is 0 Å². The molecule has 2 aromatic rings. The minimum Gasteiger partial charge on any atom is -0.361 e. The normalized spacial score (nSPS) is 18.9. The van der Waals surface area contributed by atoms with Crippen LogP contribution in [0, 0.1) is 19.8 Å². The molecule has 25 heavy (non-hydrogen) atoms. The summed E-state index contributed by atoms with van der Waals surface area (Å²) in [4.78, 5) is 2.36. The van der Waals surface area contributed by atoms with E-state index in [2.05, 4.69) is 19.9 Å². The van der Waals surface area contributed by atoms with E-state index in [9.17, 15) is 8.42 Å². The van der Waals surface area contributed by atoms with Crippen molar-refractivity contribution in [3.8, 4) is 0 Å². The summed E-state index contributed by atoms with van der Waals surface area (Å²) in [5.74, 6) is 1.17. The first-order valence-electron chi connectivity index (χ1n) is 8.41. The summed E-state index contributed by atoms with van der Waals surface area (Å²) in [6.45, 7) is 7.58. The molecule has 8 nitrogen and oxygen atoms in total. The second kappa shape index (κ2) is 7.27. The minimum atomic E-state index is -3.16. The van der Waals surface area contributed by atoms with E-state index in [1.54, 1.807) is 0 Å². The van der Waals surface area contributed by atoms with Crippen molar-refractivity contribution in [2.75, 3.05) is 19.3 Å². The van der Waals surface area contributed by atoms with Gasteiger partial charge in [0, 0.05) is 44.5 Å². The first kappa shape index (κ1) is 18.1. The predicted molar refractivity (Wildman–Crippen MR) is 93.3 cm³/mol. The topological polar surface area (TPSA) is 93.3 Å². The summed E-state index contributed by atoms with van der Waals surface area (Å²) in [5, 5.41) is 8.45. The number of hydrogen-bond donors (Lipinski definition) is 1. The average molecular weight is 367 g/mol. The zero-order chi connectivity index (χ0) is 18.0. The molecule has 9 heteroatoms. The third kappa shape index (κ3) is 4.68. The van der Waals surface area contributed by atoms with Gasteiger partial charge in [0.2, 0.25) is 10.0 Å². The number of hydrogen-bond acceptors (Lipinski definition) is 6. The average Bonchev–Trinajstić information content (AvgIpc) is 3.02. The van der Waals surface area contributed by atoms with E-state index >= 15 is 0 Å². The molecule has 138 valence electrons. The molecule has 0 spiro atoms. The van der Waals surface area contributed by atoms with E-state index in [0.717, 1.165) is 49.6 Å². The monoisotopic (exact) mass is 367 g/mol. The minimum absolute atomic E-state index is 0.316. The van der Waals surface area contributed by atoms with Gasteiger partial charge in [-0.05, 0) is 32.3 Å². The van der Waals surface area contributed by atoms with Gasteiger partial charge in [-0.25, -0.2) is 13.1 Å². The number of sulfonamides is 1. The summed E-state index contributed by atoms with van der Waals surface area (Å²) in [7, 11) is -3.16. The Morgan fingerprint density at radius 2 is 2.16 bits per heavy atom. The largest absolute Gasteiger partial charge is 0.361 e. The lowest BCUT2D eigenvalue weighted by molar-refractivity contribution is 0.214. The summed E-state index contributed by atoms with van der Waals surface area (Å²) in [5.41, 5.74) is 3.22. The Kier molecular flexibility index (Phi) is 5.26. The Bertz CT molecular complexity index is 807. The molecule has 0 saturated carbocycles. The molecular weight excluding hydrogens is 342 g/mol. The molecule has 1 unspecified atom stereocenters. The van der Waals surface area contributed by atoms with Crippen molar-refractivity contribution in [1.29, 1.82) is 0 Å². The third-order valence-electron chi connectivity index (χ3n) is 4.62. The lowest BCUT2D eigenvalue weighted by Gasteiger charge is -2.23. The fourth-order valence-electron chi connectivity index (χ4n) is 3.32. The van der Waals surface area contributed by atoms with Crippen LogP contribution >= 0.6 is 0 Å². The molecular formula is C16H25N5O3S.